The van der Waals surface area contributed by atoms with E-state index >= 15 is 0 Å². The Balaban J connectivity index is 1.78. The van der Waals surface area contributed by atoms with Crippen LogP contribution in [0.3, 0.4) is 0 Å². The van der Waals surface area contributed by atoms with Crippen LogP contribution in [0.15, 0.2) is 72.1 Å². The lowest BCUT2D eigenvalue weighted by molar-refractivity contribution is 0.0697. The molecule has 6 nitrogen and oxygen atoms in total. The summed E-state index contributed by atoms with van der Waals surface area (Å²) in [6.45, 7) is 0. The first-order chi connectivity index (χ1) is 14.6. The van der Waals surface area contributed by atoms with Crippen LogP contribution in [0, 0.1) is 0 Å². The molecule has 0 aliphatic carbocycles. The fourth-order valence-electron chi connectivity index (χ4n) is 3.29. The van der Waals surface area contributed by atoms with Gasteiger partial charge in [0.25, 0.3) is 0 Å². The van der Waals surface area contributed by atoms with Crippen LogP contribution in [0.25, 0.3) is 33.0 Å². The number of hydrogen-bond donors (Lipinski definition) is 3. The molecule has 4 aromatic rings. The normalized spacial score (nSPS) is 10.6. The molecule has 0 saturated carbocycles. The number of carbonyl (C=O) groups is 1. The van der Waals surface area contributed by atoms with Crippen molar-refractivity contribution in [2.75, 3.05) is 12.6 Å². The molecule has 3 N–H and O–H groups in total. The monoisotopic (exact) mass is 418 g/mol. The number of nitrogens with one attached hydrogen (secondary N) is 1. The highest BCUT2D eigenvalue weighted by Gasteiger charge is 2.17. The van der Waals surface area contributed by atoms with Gasteiger partial charge in [-0.1, -0.05) is 42.5 Å². The lowest BCUT2D eigenvalue weighted by atomic mass is 9.96. The number of thiazole rings is 1. The molecular weight excluding hydrogens is 400 g/mol. The van der Waals surface area contributed by atoms with E-state index < -0.39 is 5.97 Å². The third-order valence-electron chi connectivity index (χ3n) is 4.72. The zero-order chi connectivity index (χ0) is 21.1. The molecule has 0 aliphatic heterocycles. The summed E-state index contributed by atoms with van der Waals surface area (Å²) in [7, 11) is 1.61. The Labute approximate surface area is 177 Å². The Kier molecular flexibility index (Phi) is 5.47. The Morgan fingerprint density at radius 2 is 1.73 bits per heavy atom. The number of aromatic nitrogens is 1. The Morgan fingerprint density at radius 3 is 2.47 bits per heavy atom. The van der Waals surface area contributed by atoms with Crippen molar-refractivity contribution in [1.82, 2.24) is 4.98 Å². The molecule has 0 bridgehead atoms. The summed E-state index contributed by atoms with van der Waals surface area (Å²) in [5, 5.41) is 21.8. The fourth-order valence-corrected chi connectivity index (χ4v) is 4.11. The Morgan fingerprint density at radius 1 is 1.00 bits per heavy atom. The maximum absolute atomic E-state index is 12.0. The zero-order valence-electron chi connectivity index (χ0n) is 16.0. The van der Waals surface area contributed by atoms with Crippen molar-refractivity contribution in [3.8, 4) is 38.7 Å². The predicted octanol–water partition coefficient (Wildman–Crippen LogP) is 5.65. The summed E-state index contributed by atoms with van der Waals surface area (Å²) in [4.78, 5) is 16.7. The van der Waals surface area contributed by atoms with Gasteiger partial charge < -0.3 is 9.84 Å². The lowest BCUT2D eigenvalue weighted by Gasteiger charge is -2.12. The molecule has 0 spiro atoms. The molecule has 0 aliphatic rings. The van der Waals surface area contributed by atoms with E-state index in [2.05, 4.69) is 10.5 Å². The van der Waals surface area contributed by atoms with Crippen LogP contribution < -0.4 is 10.2 Å². The van der Waals surface area contributed by atoms with Gasteiger partial charge in [-0.25, -0.2) is 9.78 Å². The van der Waals surface area contributed by atoms with Gasteiger partial charge in [-0.2, -0.15) is 0 Å². The number of carboxylic acids is 1. The number of rotatable bonds is 6. The molecule has 0 saturated heterocycles. The van der Waals surface area contributed by atoms with Gasteiger partial charge in [0.2, 0.25) is 0 Å². The summed E-state index contributed by atoms with van der Waals surface area (Å²) in [6, 6.07) is 19.8. The average Bonchev–Trinajstić information content (AvgIpc) is 3.28. The summed E-state index contributed by atoms with van der Waals surface area (Å²) < 4.78 is 5.41. The van der Waals surface area contributed by atoms with E-state index in [0.717, 1.165) is 17.0 Å². The zero-order valence-corrected chi connectivity index (χ0v) is 16.8. The largest absolute Gasteiger partial charge is 0.496 e. The van der Waals surface area contributed by atoms with Crippen LogP contribution in [0.1, 0.15) is 10.4 Å². The van der Waals surface area contributed by atoms with Crippen LogP contribution in [0.2, 0.25) is 0 Å². The number of para-hydroxylation sites is 2. The van der Waals surface area contributed by atoms with Crippen molar-refractivity contribution >= 4 is 23.0 Å². The molecule has 7 heteroatoms. The average molecular weight is 418 g/mol. The van der Waals surface area contributed by atoms with Crippen molar-refractivity contribution in [2.24, 2.45) is 0 Å². The van der Waals surface area contributed by atoms with E-state index in [4.69, 9.17) is 4.74 Å². The number of anilines is 1. The second-order valence-electron chi connectivity index (χ2n) is 6.46. The van der Waals surface area contributed by atoms with Gasteiger partial charge >= 0.3 is 5.97 Å². The van der Waals surface area contributed by atoms with Crippen LogP contribution >= 0.6 is 11.3 Å². The highest BCUT2D eigenvalue weighted by Crippen LogP contribution is 2.36. The van der Waals surface area contributed by atoms with Gasteiger partial charge in [-0.15, -0.1) is 11.3 Å². The molecule has 0 amide bonds. The predicted molar refractivity (Wildman–Crippen MR) is 117 cm³/mol. The minimum atomic E-state index is -1.05. The summed E-state index contributed by atoms with van der Waals surface area (Å²) in [5.41, 5.74) is 6.13. The van der Waals surface area contributed by atoms with Crippen LogP contribution in [-0.4, -0.2) is 28.4 Å². The second-order valence-corrected chi connectivity index (χ2v) is 7.32. The molecule has 1 aromatic heterocycles. The summed E-state index contributed by atoms with van der Waals surface area (Å²) in [6.07, 6.45) is 0. The molecule has 150 valence electrons. The first kappa shape index (κ1) is 19.6. The van der Waals surface area contributed by atoms with Crippen LogP contribution in [0.5, 0.6) is 5.75 Å². The smallest absolute Gasteiger partial charge is 0.336 e. The highest BCUT2D eigenvalue weighted by molar-refractivity contribution is 7.13. The van der Waals surface area contributed by atoms with Gasteiger partial charge in [0, 0.05) is 22.1 Å². The summed E-state index contributed by atoms with van der Waals surface area (Å²) >= 11 is 1.43. The third-order valence-corrected chi connectivity index (χ3v) is 5.61. The van der Waals surface area contributed by atoms with E-state index in [9.17, 15) is 15.1 Å². The van der Waals surface area contributed by atoms with Gasteiger partial charge in [0.1, 0.15) is 10.8 Å². The number of carboxylic acid groups (broad SMARTS) is 1. The first-order valence-electron chi connectivity index (χ1n) is 9.08. The van der Waals surface area contributed by atoms with Crippen molar-refractivity contribution in [1.29, 1.82) is 0 Å². The van der Waals surface area contributed by atoms with Gasteiger partial charge in [0.15, 0.2) is 0 Å². The number of ether oxygens (including phenoxy) is 1. The lowest BCUT2D eigenvalue weighted by Crippen LogP contribution is -2.02. The minimum Gasteiger partial charge on any atom is -0.496 e. The van der Waals surface area contributed by atoms with Crippen molar-refractivity contribution in [3.63, 3.8) is 0 Å². The second kappa shape index (κ2) is 8.36. The molecule has 0 radical (unpaired) electrons. The van der Waals surface area contributed by atoms with Crippen LogP contribution in [-0.2, 0) is 0 Å². The standard InChI is InChI=1S/C23H18N2O4S/c1-29-21-9-5-3-7-17(21)20-13-30-22(24-20)14-10-11-15(18(12-14)23(26)27)16-6-2-4-8-19(16)25-28/h2-13,25,28H,1H3,(H,26,27). The van der Waals surface area contributed by atoms with E-state index in [0.29, 0.717) is 27.4 Å². The van der Waals surface area contributed by atoms with E-state index in [1.165, 1.54) is 11.3 Å². The maximum atomic E-state index is 12.0. The first-order valence-corrected chi connectivity index (χ1v) is 9.96. The molecule has 0 fully saturated rings. The molecule has 4 rings (SSSR count). The van der Waals surface area contributed by atoms with E-state index in [-0.39, 0.29) is 5.56 Å². The molecular formula is C23H18N2O4S. The molecule has 3 aromatic carbocycles. The number of aromatic carboxylic acids is 1. The van der Waals surface area contributed by atoms with Crippen molar-refractivity contribution in [3.05, 3.63) is 77.7 Å². The minimum absolute atomic E-state index is 0.129. The molecule has 30 heavy (non-hydrogen) atoms. The maximum Gasteiger partial charge on any atom is 0.336 e. The summed E-state index contributed by atoms with van der Waals surface area (Å²) in [5.74, 6) is -0.329. The van der Waals surface area contributed by atoms with Crippen molar-refractivity contribution in [2.45, 2.75) is 0 Å². The van der Waals surface area contributed by atoms with Gasteiger partial charge in [-0.05, 0) is 29.8 Å². The quantitative estimate of drug-likeness (QED) is 0.350. The van der Waals surface area contributed by atoms with Gasteiger partial charge in [-0.3, -0.25) is 10.7 Å². The molecule has 0 atom stereocenters. The topological polar surface area (TPSA) is 91.7 Å². The van der Waals surface area contributed by atoms with Gasteiger partial charge in [0.05, 0.1) is 24.1 Å². The number of nitrogens with zero attached hydrogens (tertiary/aromatic N) is 1. The molecule has 0 unspecified atom stereocenters. The molecule has 1 heterocycles. The third kappa shape index (κ3) is 3.63. The van der Waals surface area contributed by atoms with E-state index in [1.54, 1.807) is 43.5 Å². The Hall–Kier alpha value is -3.68. The van der Waals surface area contributed by atoms with Crippen molar-refractivity contribution < 1.29 is 19.8 Å². The van der Waals surface area contributed by atoms with E-state index in [1.807, 2.05) is 35.7 Å². The number of benzene rings is 3. The SMILES string of the molecule is COc1ccccc1-c1csc(-c2ccc(-c3ccccc3NO)c(C(=O)O)c2)n1. The van der Waals surface area contributed by atoms with Crippen LogP contribution in [0.4, 0.5) is 5.69 Å². The number of hydrogen-bond acceptors (Lipinski definition) is 6. The fraction of sp³-hybridized carbons (Fsp3) is 0.0435. The Bertz CT molecular complexity index is 1220. The number of methoxy groups -OCH3 is 1. The highest BCUT2D eigenvalue weighted by atomic mass is 32.1.